The van der Waals surface area contributed by atoms with Crippen LogP contribution < -0.4 is 5.32 Å². The molecule has 1 aromatic heterocycles. The number of hydrogen-bond donors (Lipinski definition) is 1. The van der Waals surface area contributed by atoms with E-state index in [-0.39, 0.29) is 11.4 Å². The minimum atomic E-state index is -1.50. The van der Waals surface area contributed by atoms with Crippen LogP contribution in [0.25, 0.3) is 0 Å². The fourth-order valence-electron chi connectivity index (χ4n) is 1.56. The molecule has 0 aliphatic rings. The molecule has 0 spiro atoms. The van der Waals surface area contributed by atoms with E-state index >= 15 is 0 Å². The van der Waals surface area contributed by atoms with Crippen LogP contribution >= 0.6 is 0 Å². The predicted octanol–water partition coefficient (Wildman–Crippen LogP) is 2.47. The lowest BCUT2D eigenvalue weighted by Crippen LogP contribution is -2.20. The molecule has 2 aromatic rings. The molecular weight excluding hydrogens is 269 g/mol. The molecule has 0 saturated heterocycles. The van der Waals surface area contributed by atoms with Gasteiger partial charge in [0.05, 0.1) is 27.6 Å². The molecular formula is C13H12FNO3S. The van der Waals surface area contributed by atoms with Gasteiger partial charge in [-0.05, 0) is 25.1 Å². The van der Waals surface area contributed by atoms with Gasteiger partial charge in [-0.3, -0.25) is 9.00 Å². The molecule has 4 nitrogen and oxygen atoms in total. The number of benzene rings is 1. The van der Waals surface area contributed by atoms with E-state index in [4.69, 9.17) is 4.42 Å². The second-order valence-electron chi connectivity index (χ2n) is 3.86. The van der Waals surface area contributed by atoms with Gasteiger partial charge in [-0.1, -0.05) is 12.1 Å². The zero-order chi connectivity index (χ0) is 13.8. The van der Waals surface area contributed by atoms with E-state index in [9.17, 15) is 13.4 Å². The molecule has 0 fully saturated rings. The largest absolute Gasteiger partial charge is 0.468 e. The van der Waals surface area contributed by atoms with Gasteiger partial charge in [0.15, 0.2) is 0 Å². The first-order valence-electron chi connectivity index (χ1n) is 5.55. The molecule has 0 unspecified atom stereocenters. The minimum Gasteiger partial charge on any atom is -0.468 e. The highest BCUT2D eigenvalue weighted by Gasteiger charge is 2.15. The zero-order valence-electron chi connectivity index (χ0n) is 10.2. The first-order chi connectivity index (χ1) is 9.08. The van der Waals surface area contributed by atoms with Gasteiger partial charge in [-0.15, -0.1) is 0 Å². The maximum absolute atomic E-state index is 13.3. The Bertz CT molecular complexity index is 624. The molecule has 100 valence electrons. The third kappa shape index (κ3) is 3.29. The predicted molar refractivity (Wildman–Crippen MR) is 69.8 cm³/mol. The van der Waals surface area contributed by atoms with E-state index in [0.717, 1.165) is 0 Å². The number of hydrogen-bond acceptors (Lipinski definition) is 3. The van der Waals surface area contributed by atoms with Crippen LogP contribution in [0.3, 0.4) is 0 Å². The summed E-state index contributed by atoms with van der Waals surface area (Å²) in [5, 5.41) is 2.38. The van der Waals surface area contributed by atoms with E-state index in [1.165, 1.54) is 24.5 Å². The Labute approximate surface area is 112 Å². The summed E-state index contributed by atoms with van der Waals surface area (Å²) in [5.41, 5.74) is 0.0772. The summed E-state index contributed by atoms with van der Waals surface area (Å²) in [7, 11) is -1.50. The smallest absolute Gasteiger partial charge is 0.237 e. The van der Waals surface area contributed by atoms with Gasteiger partial charge in [0.2, 0.25) is 5.91 Å². The first kappa shape index (κ1) is 13.5. The van der Waals surface area contributed by atoms with Crippen molar-refractivity contribution in [1.82, 2.24) is 0 Å². The van der Waals surface area contributed by atoms with Crippen molar-refractivity contribution in [2.45, 2.75) is 11.8 Å². The molecule has 1 N–H and O–H groups in total. The standard InChI is InChI=1S/C13H12FNO3S/c1-9-12(6-7-18-9)19(17)8-13(16)15-11-5-3-2-4-10(11)14/h2-7H,8H2,1H3,(H,15,16)/t19-/m1/s1. The summed E-state index contributed by atoms with van der Waals surface area (Å²) in [6.45, 7) is 1.67. The van der Waals surface area contributed by atoms with E-state index in [2.05, 4.69) is 5.32 Å². The molecule has 1 aromatic carbocycles. The fraction of sp³-hybridized carbons (Fsp3) is 0.154. The summed E-state index contributed by atoms with van der Waals surface area (Å²) < 4.78 is 30.2. The zero-order valence-corrected chi connectivity index (χ0v) is 11.0. The van der Waals surface area contributed by atoms with E-state index < -0.39 is 22.5 Å². The van der Waals surface area contributed by atoms with Crippen LogP contribution in [-0.2, 0) is 15.6 Å². The highest BCUT2D eigenvalue weighted by molar-refractivity contribution is 7.85. The van der Waals surface area contributed by atoms with Crippen molar-refractivity contribution < 1.29 is 17.8 Å². The van der Waals surface area contributed by atoms with Gasteiger partial charge in [0.1, 0.15) is 17.3 Å². The third-order valence-electron chi connectivity index (χ3n) is 2.47. The highest BCUT2D eigenvalue weighted by atomic mass is 32.2. The Kier molecular flexibility index (Phi) is 4.11. The first-order valence-corrected chi connectivity index (χ1v) is 6.86. The number of carbonyl (C=O) groups is 1. The SMILES string of the molecule is Cc1occc1[S@](=O)CC(=O)Nc1ccccc1F. The highest BCUT2D eigenvalue weighted by Crippen LogP contribution is 2.15. The van der Waals surface area contributed by atoms with Gasteiger partial charge >= 0.3 is 0 Å². The number of anilines is 1. The van der Waals surface area contributed by atoms with Gasteiger partial charge in [-0.25, -0.2) is 4.39 Å². The lowest BCUT2D eigenvalue weighted by molar-refractivity contribution is -0.113. The molecule has 0 aliphatic carbocycles. The number of para-hydroxylation sites is 1. The molecule has 0 aliphatic heterocycles. The van der Waals surface area contributed by atoms with Crippen molar-refractivity contribution in [3.8, 4) is 0 Å². The van der Waals surface area contributed by atoms with Crippen molar-refractivity contribution >= 4 is 22.4 Å². The second kappa shape index (κ2) is 5.79. The molecule has 19 heavy (non-hydrogen) atoms. The lowest BCUT2D eigenvalue weighted by atomic mass is 10.3. The number of aryl methyl sites for hydroxylation is 1. The Morgan fingerprint density at radius 1 is 1.37 bits per heavy atom. The monoisotopic (exact) mass is 281 g/mol. The number of nitrogens with one attached hydrogen (secondary N) is 1. The van der Waals surface area contributed by atoms with Crippen molar-refractivity contribution in [3.63, 3.8) is 0 Å². The second-order valence-corrected chi connectivity index (χ2v) is 5.28. The van der Waals surface area contributed by atoms with Gasteiger partial charge in [0.25, 0.3) is 0 Å². The molecule has 6 heteroatoms. The molecule has 1 amide bonds. The Balaban J connectivity index is 2.01. The normalized spacial score (nSPS) is 12.1. The Morgan fingerprint density at radius 3 is 2.74 bits per heavy atom. The van der Waals surface area contributed by atoms with Crippen LogP contribution in [-0.4, -0.2) is 15.9 Å². The third-order valence-corrected chi connectivity index (χ3v) is 3.91. The number of amides is 1. The van der Waals surface area contributed by atoms with Gasteiger partial charge in [0, 0.05) is 0 Å². The van der Waals surface area contributed by atoms with Gasteiger partial charge in [-0.2, -0.15) is 0 Å². The van der Waals surface area contributed by atoms with Crippen LogP contribution in [0.5, 0.6) is 0 Å². The maximum atomic E-state index is 13.3. The molecule has 0 bridgehead atoms. The maximum Gasteiger partial charge on any atom is 0.237 e. The molecule has 0 radical (unpaired) electrons. The van der Waals surface area contributed by atoms with Crippen LogP contribution in [0.2, 0.25) is 0 Å². The Morgan fingerprint density at radius 2 is 2.11 bits per heavy atom. The van der Waals surface area contributed by atoms with Crippen molar-refractivity contribution in [1.29, 1.82) is 0 Å². The summed E-state index contributed by atoms with van der Waals surface area (Å²) in [4.78, 5) is 12.2. The average molecular weight is 281 g/mol. The van der Waals surface area contributed by atoms with E-state index in [0.29, 0.717) is 10.7 Å². The summed E-state index contributed by atoms with van der Waals surface area (Å²) in [5.74, 6) is -0.767. The molecule has 0 saturated carbocycles. The fourth-order valence-corrected chi connectivity index (χ4v) is 2.60. The molecule has 1 heterocycles. The van der Waals surface area contributed by atoms with Crippen molar-refractivity contribution in [3.05, 3.63) is 48.2 Å². The van der Waals surface area contributed by atoms with Crippen molar-refractivity contribution in [2.75, 3.05) is 11.1 Å². The topological polar surface area (TPSA) is 59.3 Å². The lowest BCUT2D eigenvalue weighted by Gasteiger charge is -2.05. The summed E-state index contributed by atoms with van der Waals surface area (Å²) in [6.07, 6.45) is 1.41. The number of rotatable bonds is 4. The summed E-state index contributed by atoms with van der Waals surface area (Å²) in [6, 6.07) is 7.38. The van der Waals surface area contributed by atoms with E-state index in [1.54, 1.807) is 19.1 Å². The minimum absolute atomic E-state index is 0.0772. The Hall–Kier alpha value is -1.95. The summed E-state index contributed by atoms with van der Waals surface area (Å²) >= 11 is 0. The number of furan rings is 1. The van der Waals surface area contributed by atoms with Crippen LogP contribution in [0.15, 0.2) is 45.9 Å². The van der Waals surface area contributed by atoms with Crippen molar-refractivity contribution in [2.24, 2.45) is 0 Å². The van der Waals surface area contributed by atoms with Crippen LogP contribution in [0.4, 0.5) is 10.1 Å². The molecule has 1 atom stereocenters. The van der Waals surface area contributed by atoms with E-state index in [1.807, 2.05) is 0 Å². The number of halogens is 1. The van der Waals surface area contributed by atoms with Gasteiger partial charge < -0.3 is 9.73 Å². The number of carbonyl (C=O) groups excluding carboxylic acids is 1. The molecule has 2 rings (SSSR count). The average Bonchev–Trinajstić information content (AvgIpc) is 2.78. The quantitative estimate of drug-likeness (QED) is 0.936. The van der Waals surface area contributed by atoms with Crippen LogP contribution in [0, 0.1) is 12.7 Å². The van der Waals surface area contributed by atoms with Crippen LogP contribution in [0.1, 0.15) is 5.76 Å².